The molecule has 2 rings (SSSR count). The first kappa shape index (κ1) is 23.6. The molecule has 0 unspecified atom stereocenters. The molecule has 7 heteroatoms. The molecule has 0 saturated carbocycles. The van der Waals surface area contributed by atoms with Gasteiger partial charge in [0.15, 0.2) is 6.19 Å². The summed E-state index contributed by atoms with van der Waals surface area (Å²) in [4.78, 5) is 19.5. The van der Waals surface area contributed by atoms with Gasteiger partial charge in [0.25, 0.3) is 0 Å². The lowest BCUT2D eigenvalue weighted by Gasteiger charge is -2.12. The van der Waals surface area contributed by atoms with E-state index in [1.165, 1.54) is 0 Å². The number of allylic oxidation sites excluding steroid dienone is 1. The van der Waals surface area contributed by atoms with Gasteiger partial charge < -0.3 is 10.4 Å². The number of anilines is 1. The Morgan fingerprint density at radius 3 is 2.77 bits per heavy atom. The van der Waals surface area contributed by atoms with Gasteiger partial charge in [0.05, 0.1) is 0 Å². The van der Waals surface area contributed by atoms with Gasteiger partial charge in [-0.05, 0) is 48.6 Å². The minimum absolute atomic E-state index is 0.135. The zero-order chi connectivity index (χ0) is 22.3. The maximum Gasteiger partial charge on any atom is 0.303 e. The van der Waals surface area contributed by atoms with E-state index >= 15 is 0 Å². The molecule has 1 aromatic carbocycles. The molecular weight excluding hydrogens is 390 g/mol. The van der Waals surface area contributed by atoms with Gasteiger partial charge in [-0.1, -0.05) is 44.0 Å². The third kappa shape index (κ3) is 8.70. The van der Waals surface area contributed by atoms with Crippen LogP contribution in [0.25, 0.3) is 5.57 Å². The topological polar surface area (TPSA) is 110 Å². The molecule has 0 fully saturated rings. The minimum atomic E-state index is -0.793. The molecule has 1 aromatic heterocycles. The van der Waals surface area contributed by atoms with Crippen molar-refractivity contribution in [3.05, 3.63) is 66.0 Å². The number of nitriles is 1. The van der Waals surface area contributed by atoms with Crippen LogP contribution in [0.5, 0.6) is 0 Å². The van der Waals surface area contributed by atoms with Crippen LogP contribution in [0.2, 0.25) is 0 Å². The zero-order valence-corrected chi connectivity index (χ0v) is 17.8. The number of rotatable bonds is 11. The Kier molecular flexibility index (Phi) is 10.3. The number of nitrogens with zero attached hydrogens (tertiary/aromatic N) is 3. The van der Waals surface area contributed by atoms with Gasteiger partial charge in [-0.3, -0.25) is 20.1 Å². The number of aromatic nitrogens is 1. The van der Waals surface area contributed by atoms with Gasteiger partial charge in [0.2, 0.25) is 5.96 Å². The number of carbonyl (C=O) groups is 1. The Balaban J connectivity index is 2.24. The summed E-state index contributed by atoms with van der Waals surface area (Å²) in [7, 11) is 0. The van der Waals surface area contributed by atoms with Crippen molar-refractivity contribution in [1.29, 1.82) is 5.26 Å². The standard InChI is InChI=1S/C24H29N5O2/c1-2-3-6-15-27-24(28-18-25)29-21-11-7-9-19(16-21)22(12-4-5-13-23(30)31)20-10-8-14-26-17-20/h7-12,14,16-17H,2-6,13,15H2,1H3,(H,30,31)(H2,27,28,29). The van der Waals surface area contributed by atoms with Crippen LogP contribution in [0.15, 0.2) is 59.9 Å². The SMILES string of the molecule is CCCCCN=C(NC#N)Nc1cccc(C(=CCCCC(=O)O)c2cccnc2)c1. The van der Waals surface area contributed by atoms with Crippen molar-refractivity contribution in [3.63, 3.8) is 0 Å². The molecule has 0 aliphatic carbocycles. The summed E-state index contributed by atoms with van der Waals surface area (Å²) in [5.74, 6) is -0.373. The van der Waals surface area contributed by atoms with Crippen molar-refractivity contribution < 1.29 is 9.90 Å². The highest BCUT2D eigenvalue weighted by Gasteiger charge is 2.08. The first-order valence-corrected chi connectivity index (χ1v) is 10.5. The highest BCUT2D eigenvalue weighted by atomic mass is 16.4. The van der Waals surface area contributed by atoms with Crippen LogP contribution in [-0.4, -0.2) is 28.6 Å². The van der Waals surface area contributed by atoms with Gasteiger partial charge in [-0.2, -0.15) is 5.26 Å². The van der Waals surface area contributed by atoms with E-state index in [2.05, 4.69) is 27.5 Å². The Hall–Kier alpha value is -3.66. The van der Waals surface area contributed by atoms with Crippen molar-refractivity contribution >= 4 is 23.2 Å². The molecule has 0 spiro atoms. The van der Waals surface area contributed by atoms with Crippen molar-refractivity contribution in [1.82, 2.24) is 10.3 Å². The summed E-state index contributed by atoms with van der Waals surface area (Å²) in [6.45, 7) is 2.78. The molecule has 0 bridgehead atoms. The number of carboxylic acids is 1. The summed E-state index contributed by atoms with van der Waals surface area (Å²) in [5.41, 5.74) is 3.71. The molecule has 0 atom stereocenters. The molecule has 162 valence electrons. The molecule has 0 radical (unpaired) electrons. The Labute approximate surface area is 183 Å². The second-order valence-electron chi connectivity index (χ2n) is 7.03. The van der Waals surface area contributed by atoms with Crippen molar-refractivity contribution in [2.75, 3.05) is 11.9 Å². The average Bonchev–Trinajstić information content (AvgIpc) is 2.77. The molecular formula is C24H29N5O2. The predicted octanol–water partition coefficient (Wildman–Crippen LogP) is 4.80. The summed E-state index contributed by atoms with van der Waals surface area (Å²) >= 11 is 0. The molecule has 0 saturated heterocycles. The summed E-state index contributed by atoms with van der Waals surface area (Å²) in [6.07, 6.45) is 12.0. The van der Waals surface area contributed by atoms with Gasteiger partial charge in [0.1, 0.15) is 0 Å². The van der Waals surface area contributed by atoms with E-state index in [-0.39, 0.29) is 6.42 Å². The maximum atomic E-state index is 10.8. The largest absolute Gasteiger partial charge is 0.481 e. The summed E-state index contributed by atoms with van der Waals surface area (Å²) in [5, 5.41) is 23.7. The van der Waals surface area contributed by atoms with Crippen LogP contribution in [0, 0.1) is 11.5 Å². The molecule has 2 aromatic rings. The second kappa shape index (κ2) is 13.5. The van der Waals surface area contributed by atoms with E-state index < -0.39 is 5.97 Å². The van der Waals surface area contributed by atoms with Crippen LogP contribution in [0.1, 0.15) is 56.6 Å². The van der Waals surface area contributed by atoms with E-state index in [0.29, 0.717) is 25.3 Å². The average molecular weight is 420 g/mol. The number of hydrogen-bond acceptors (Lipinski definition) is 4. The Morgan fingerprint density at radius 1 is 1.23 bits per heavy atom. The van der Waals surface area contributed by atoms with Crippen molar-refractivity contribution in [3.8, 4) is 6.19 Å². The maximum absolute atomic E-state index is 10.8. The van der Waals surface area contributed by atoms with Crippen LogP contribution >= 0.6 is 0 Å². The lowest BCUT2D eigenvalue weighted by molar-refractivity contribution is -0.137. The number of pyridine rings is 1. The number of hydrogen-bond donors (Lipinski definition) is 3. The first-order chi connectivity index (χ1) is 15.1. The number of aliphatic imine (C=N–C) groups is 1. The zero-order valence-electron chi connectivity index (χ0n) is 17.8. The van der Waals surface area contributed by atoms with E-state index in [1.54, 1.807) is 12.4 Å². The Bertz CT molecular complexity index is 932. The number of unbranched alkanes of at least 4 members (excludes halogenated alkanes) is 3. The first-order valence-electron chi connectivity index (χ1n) is 10.5. The van der Waals surface area contributed by atoms with E-state index in [0.717, 1.165) is 41.6 Å². The van der Waals surface area contributed by atoms with Gasteiger partial charge >= 0.3 is 5.97 Å². The van der Waals surface area contributed by atoms with Gasteiger partial charge in [0, 0.05) is 36.6 Å². The van der Waals surface area contributed by atoms with E-state index in [9.17, 15) is 4.79 Å². The fraction of sp³-hybridized carbons (Fsp3) is 0.333. The van der Waals surface area contributed by atoms with E-state index in [1.807, 2.05) is 48.7 Å². The van der Waals surface area contributed by atoms with Crippen LogP contribution < -0.4 is 10.6 Å². The molecule has 3 N–H and O–H groups in total. The fourth-order valence-corrected chi connectivity index (χ4v) is 3.04. The third-order valence-corrected chi connectivity index (χ3v) is 4.56. The molecule has 31 heavy (non-hydrogen) atoms. The van der Waals surface area contributed by atoms with Crippen LogP contribution in [-0.2, 0) is 4.79 Å². The van der Waals surface area contributed by atoms with Gasteiger partial charge in [-0.15, -0.1) is 0 Å². The van der Waals surface area contributed by atoms with Gasteiger partial charge in [-0.25, -0.2) is 0 Å². The summed E-state index contributed by atoms with van der Waals surface area (Å²) < 4.78 is 0. The number of nitrogens with one attached hydrogen (secondary N) is 2. The second-order valence-corrected chi connectivity index (χ2v) is 7.03. The number of benzene rings is 1. The third-order valence-electron chi connectivity index (χ3n) is 4.56. The highest BCUT2D eigenvalue weighted by molar-refractivity contribution is 5.95. The highest BCUT2D eigenvalue weighted by Crippen LogP contribution is 2.26. The monoisotopic (exact) mass is 419 g/mol. The Morgan fingerprint density at radius 2 is 2.06 bits per heavy atom. The quantitative estimate of drug-likeness (QED) is 0.159. The van der Waals surface area contributed by atoms with Crippen LogP contribution in [0.3, 0.4) is 0 Å². The van der Waals surface area contributed by atoms with E-state index in [4.69, 9.17) is 10.4 Å². The number of carboxylic acid groups (broad SMARTS) is 1. The lowest BCUT2D eigenvalue weighted by atomic mass is 9.97. The fourth-order valence-electron chi connectivity index (χ4n) is 3.04. The minimum Gasteiger partial charge on any atom is -0.481 e. The smallest absolute Gasteiger partial charge is 0.303 e. The normalized spacial score (nSPS) is 11.6. The van der Waals surface area contributed by atoms with Crippen molar-refractivity contribution in [2.45, 2.75) is 45.4 Å². The number of aliphatic carboxylic acids is 1. The molecule has 7 nitrogen and oxygen atoms in total. The lowest BCUT2D eigenvalue weighted by Crippen LogP contribution is -2.27. The van der Waals surface area contributed by atoms with Crippen molar-refractivity contribution in [2.24, 2.45) is 4.99 Å². The molecule has 1 heterocycles. The molecule has 0 amide bonds. The number of guanidine groups is 1. The predicted molar refractivity (Wildman–Crippen MR) is 123 cm³/mol. The molecule has 0 aliphatic heterocycles. The van der Waals surface area contributed by atoms with Crippen LogP contribution in [0.4, 0.5) is 5.69 Å². The molecule has 0 aliphatic rings. The summed E-state index contributed by atoms with van der Waals surface area (Å²) in [6, 6.07) is 11.7.